The number of nitrogens with zero attached hydrogens (tertiary/aromatic N) is 2. The van der Waals surface area contributed by atoms with Crippen LogP contribution in [-0.4, -0.2) is 35.6 Å². The van der Waals surface area contributed by atoms with Crippen molar-refractivity contribution in [2.24, 2.45) is 0 Å². The highest BCUT2D eigenvalue weighted by Crippen LogP contribution is 2.35. The summed E-state index contributed by atoms with van der Waals surface area (Å²) in [6, 6.07) is 17.1. The van der Waals surface area contributed by atoms with Crippen molar-refractivity contribution in [1.29, 1.82) is 0 Å². The Balaban J connectivity index is 1.70. The number of pyridine rings is 1. The van der Waals surface area contributed by atoms with Crippen LogP contribution < -0.4 is 5.32 Å². The summed E-state index contributed by atoms with van der Waals surface area (Å²) in [5, 5.41) is 5.60. The quantitative estimate of drug-likeness (QED) is 0.321. The molecule has 3 rings (SSSR count). The predicted molar refractivity (Wildman–Crippen MR) is 133 cm³/mol. The Labute approximate surface area is 190 Å². The van der Waals surface area contributed by atoms with Gasteiger partial charge in [-0.05, 0) is 63.2 Å². The van der Waals surface area contributed by atoms with Crippen LogP contribution in [0.3, 0.4) is 0 Å². The first kappa shape index (κ1) is 22.9. The van der Waals surface area contributed by atoms with E-state index >= 15 is 0 Å². The number of nitrogens with one attached hydrogen (secondary N) is 1. The van der Waals surface area contributed by atoms with Crippen LogP contribution >= 0.6 is 23.4 Å². The topological polar surface area (TPSA) is 28.2 Å². The van der Waals surface area contributed by atoms with Crippen molar-refractivity contribution in [3.05, 3.63) is 65.3 Å². The highest BCUT2D eigenvalue weighted by atomic mass is 35.5. The maximum Gasteiger partial charge on any atom is 0.0738 e. The molecular weight excluding hydrogens is 410 g/mol. The zero-order chi connectivity index (χ0) is 21.3. The maximum atomic E-state index is 6.57. The van der Waals surface area contributed by atoms with Crippen molar-refractivity contribution in [3.8, 4) is 0 Å². The number of hydrogen-bond acceptors (Lipinski definition) is 4. The fourth-order valence-electron chi connectivity index (χ4n) is 3.62. The van der Waals surface area contributed by atoms with Crippen molar-refractivity contribution < 1.29 is 0 Å². The predicted octanol–water partition coefficient (Wildman–Crippen LogP) is 7.10. The van der Waals surface area contributed by atoms with Gasteiger partial charge >= 0.3 is 0 Å². The van der Waals surface area contributed by atoms with Gasteiger partial charge in [-0.15, -0.1) is 11.8 Å². The first-order chi connectivity index (χ1) is 14.6. The van der Waals surface area contributed by atoms with Gasteiger partial charge in [0.05, 0.1) is 10.5 Å². The fraction of sp³-hybridized carbons (Fsp3) is 0.400. The standard InChI is InChI=1S/C25H32ClN3S/c1-4-29(5-2)15-9-10-19(3)28-23-13-14-27-24-17-22(26)25(16-21(23)24)30-18-20-11-7-6-8-12-20/h6-8,11-14,16-17,19H,4-5,9-10,15,18H2,1-3H3,(H,27,28)/t19-/m0/s1. The molecule has 1 atom stereocenters. The smallest absolute Gasteiger partial charge is 0.0738 e. The van der Waals surface area contributed by atoms with E-state index in [4.69, 9.17) is 11.6 Å². The molecule has 0 amide bonds. The second kappa shape index (κ2) is 11.6. The third kappa shape index (κ3) is 6.37. The van der Waals surface area contributed by atoms with E-state index < -0.39 is 0 Å². The number of benzene rings is 2. The van der Waals surface area contributed by atoms with Crippen LogP contribution in [-0.2, 0) is 5.75 Å². The van der Waals surface area contributed by atoms with Crippen LogP contribution in [0.15, 0.2) is 59.6 Å². The van der Waals surface area contributed by atoms with Gasteiger partial charge in [0.2, 0.25) is 0 Å². The summed E-state index contributed by atoms with van der Waals surface area (Å²) in [6.45, 7) is 10.1. The molecule has 2 aromatic carbocycles. The van der Waals surface area contributed by atoms with E-state index in [1.54, 1.807) is 11.8 Å². The molecule has 0 spiro atoms. The van der Waals surface area contributed by atoms with Gasteiger partial charge in [-0.2, -0.15) is 0 Å². The molecular formula is C25H32ClN3S. The molecule has 1 heterocycles. The molecule has 3 aromatic rings. The lowest BCUT2D eigenvalue weighted by molar-refractivity contribution is 0.295. The molecule has 0 bridgehead atoms. The molecule has 0 aliphatic rings. The normalized spacial score (nSPS) is 12.4. The Morgan fingerprint density at radius 2 is 1.87 bits per heavy atom. The zero-order valence-electron chi connectivity index (χ0n) is 18.2. The van der Waals surface area contributed by atoms with Gasteiger partial charge in [0.1, 0.15) is 0 Å². The summed E-state index contributed by atoms with van der Waals surface area (Å²) in [5.74, 6) is 0.900. The molecule has 30 heavy (non-hydrogen) atoms. The lowest BCUT2D eigenvalue weighted by Crippen LogP contribution is -2.25. The van der Waals surface area contributed by atoms with E-state index in [1.165, 1.54) is 12.0 Å². The highest BCUT2D eigenvalue weighted by Gasteiger charge is 2.11. The molecule has 1 aromatic heterocycles. The van der Waals surface area contributed by atoms with Crippen LogP contribution in [0.4, 0.5) is 5.69 Å². The molecule has 0 fully saturated rings. The largest absolute Gasteiger partial charge is 0.382 e. The van der Waals surface area contributed by atoms with Crippen molar-refractivity contribution in [3.63, 3.8) is 0 Å². The molecule has 5 heteroatoms. The van der Waals surface area contributed by atoms with Crippen molar-refractivity contribution in [2.45, 2.75) is 50.3 Å². The number of fused-ring (bicyclic) bond motifs is 1. The van der Waals surface area contributed by atoms with Crippen LogP contribution in [0.2, 0.25) is 5.02 Å². The van der Waals surface area contributed by atoms with Gasteiger partial charge in [0.15, 0.2) is 0 Å². The van der Waals surface area contributed by atoms with Crippen molar-refractivity contribution in [2.75, 3.05) is 25.0 Å². The first-order valence-electron chi connectivity index (χ1n) is 10.8. The molecule has 0 radical (unpaired) electrons. The maximum absolute atomic E-state index is 6.57. The first-order valence-corrected chi connectivity index (χ1v) is 12.2. The number of rotatable bonds is 11. The van der Waals surface area contributed by atoms with Gasteiger partial charge in [-0.3, -0.25) is 4.98 Å². The molecule has 0 aliphatic heterocycles. The summed E-state index contributed by atoms with van der Waals surface area (Å²) >= 11 is 8.34. The van der Waals surface area contributed by atoms with E-state index in [0.717, 1.165) is 58.3 Å². The lowest BCUT2D eigenvalue weighted by atomic mass is 10.1. The van der Waals surface area contributed by atoms with Crippen molar-refractivity contribution >= 4 is 40.0 Å². The van der Waals surface area contributed by atoms with E-state index in [1.807, 2.05) is 18.3 Å². The van der Waals surface area contributed by atoms with Gasteiger partial charge < -0.3 is 10.2 Å². The average molecular weight is 442 g/mol. The number of halogens is 1. The summed E-state index contributed by atoms with van der Waals surface area (Å²) in [7, 11) is 0. The Morgan fingerprint density at radius 3 is 2.60 bits per heavy atom. The molecule has 160 valence electrons. The minimum atomic E-state index is 0.405. The third-order valence-electron chi connectivity index (χ3n) is 5.44. The van der Waals surface area contributed by atoms with E-state index in [2.05, 4.69) is 72.4 Å². The second-order valence-electron chi connectivity index (χ2n) is 7.65. The van der Waals surface area contributed by atoms with E-state index in [9.17, 15) is 0 Å². The second-order valence-corrected chi connectivity index (χ2v) is 9.07. The molecule has 0 unspecified atom stereocenters. The molecule has 0 saturated heterocycles. The van der Waals surface area contributed by atoms with Crippen LogP contribution in [0.25, 0.3) is 10.9 Å². The van der Waals surface area contributed by atoms with Gasteiger partial charge in [0, 0.05) is 34.0 Å². The summed E-state index contributed by atoms with van der Waals surface area (Å²) < 4.78 is 0. The zero-order valence-corrected chi connectivity index (χ0v) is 19.8. The van der Waals surface area contributed by atoms with Crippen LogP contribution in [0, 0.1) is 0 Å². The summed E-state index contributed by atoms with van der Waals surface area (Å²) in [6.07, 6.45) is 4.20. The number of aromatic nitrogens is 1. The molecule has 0 saturated carbocycles. The molecule has 1 N–H and O–H groups in total. The highest BCUT2D eigenvalue weighted by molar-refractivity contribution is 7.98. The third-order valence-corrected chi connectivity index (χ3v) is 6.99. The number of hydrogen-bond donors (Lipinski definition) is 1. The fourth-order valence-corrected chi connectivity index (χ4v) is 4.85. The summed E-state index contributed by atoms with van der Waals surface area (Å²) in [5.41, 5.74) is 3.36. The van der Waals surface area contributed by atoms with Gasteiger partial charge in [0.25, 0.3) is 0 Å². The Morgan fingerprint density at radius 1 is 1.10 bits per heavy atom. The number of thioether (sulfide) groups is 1. The van der Waals surface area contributed by atoms with Crippen molar-refractivity contribution in [1.82, 2.24) is 9.88 Å². The van der Waals surface area contributed by atoms with Gasteiger partial charge in [-0.25, -0.2) is 0 Å². The average Bonchev–Trinajstić information content (AvgIpc) is 2.76. The van der Waals surface area contributed by atoms with Crippen LogP contribution in [0.5, 0.6) is 0 Å². The Hall–Kier alpha value is -1.75. The van der Waals surface area contributed by atoms with E-state index in [-0.39, 0.29) is 0 Å². The van der Waals surface area contributed by atoms with E-state index in [0.29, 0.717) is 6.04 Å². The minimum absolute atomic E-state index is 0.405. The number of anilines is 1. The summed E-state index contributed by atoms with van der Waals surface area (Å²) in [4.78, 5) is 8.11. The Bertz CT molecular complexity index is 928. The molecule has 3 nitrogen and oxygen atoms in total. The lowest BCUT2D eigenvalue weighted by Gasteiger charge is -2.21. The Kier molecular flexibility index (Phi) is 8.86. The molecule has 0 aliphatic carbocycles. The SMILES string of the molecule is CCN(CC)CCC[C@H](C)Nc1ccnc2cc(Cl)c(SCc3ccccc3)cc12. The van der Waals surface area contributed by atoms with Crippen LogP contribution in [0.1, 0.15) is 39.2 Å². The minimum Gasteiger partial charge on any atom is -0.382 e. The monoisotopic (exact) mass is 441 g/mol. The van der Waals surface area contributed by atoms with Gasteiger partial charge in [-0.1, -0.05) is 55.8 Å².